The standard InChI is InChI=1S/C15H18F3N3/c1-9-5-6-12(10(2)7-9)21-13(15(16,17)18)11(8-20-21)14(3,4)19/h5-8H,19H2,1-4H3. The van der Waals surface area contributed by atoms with E-state index in [-0.39, 0.29) is 5.56 Å². The first-order valence-corrected chi connectivity index (χ1v) is 6.54. The lowest BCUT2D eigenvalue weighted by Gasteiger charge is -2.21. The van der Waals surface area contributed by atoms with Crippen LogP contribution < -0.4 is 5.73 Å². The van der Waals surface area contributed by atoms with E-state index in [1.807, 2.05) is 13.0 Å². The van der Waals surface area contributed by atoms with Crippen LogP contribution in [-0.4, -0.2) is 9.78 Å². The average Bonchev–Trinajstić information content (AvgIpc) is 2.72. The van der Waals surface area contributed by atoms with E-state index in [0.29, 0.717) is 5.69 Å². The van der Waals surface area contributed by atoms with Gasteiger partial charge in [0.1, 0.15) is 0 Å². The van der Waals surface area contributed by atoms with Gasteiger partial charge >= 0.3 is 6.18 Å². The fraction of sp³-hybridized carbons (Fsp3) is 0.400. The highest BCUT2D eigenvalue weighted by atomic mass is 19.4. The monoisotopic (exact) mass is 297 g/mol. The number of alkyl halides is 3. The molecule has 0 aliphatic carbocycles. The number of halogens is 3. The molecule has 0 spiro atoms. The SMILES string of the molecule is Cc1ccc(-n2ncc(C(C)(C)N)c2C(F)(F)F)c(C)c1. The molecule has 3 nitrogen and oxygen atoms in total. The van der Waals surface area contributed by atoms with Gasteiger partial charge in [0.25, 0.3) is 0 Å². The molecule has 0 radical (unpaired) electrons. The molecule has 0 unspecified atom stereocenters. The molecule has 6 heteroatoms. The number of nitrogens with zero attached hydrogens (tertiary/aromatic N) is 2. The van der Waals surface area contributed by atoms with Crippen LogP contribution in [0.5, 0.6) is 0 Å². The Hall–Kier alpha value is -1.82. The highest BCUT2D eigenvalue weighted by Crippen LogP contribution is 2.37. The van der Waals surface area contributed by atoms with E-state index < -0.39 is 17.4 Å². The van der Waals surface area contributed by atoms with Crippen molar-refractivity contribution in [3.8, 4) is 5.69 Å². The maximum Gasteiger partial charge on any atom is 0.433 e. The Morgan fingerprint density at radius 3 is 2.24 bits per heavy atom. The summed E-state index contributed by atoms with van der Waals surface area (Å²) in [5.74, 6) is 0. The second kappa shape index (κ2) is 4.87. The molecule has 0 aliphatic rings. The van der Waals surface area contributed by atoms with Crippen molar-refractivity contribution in [3.05, 3.63) is 46.8 Å². The average molecular weight is 297 g/mol. The van der Waals surface area contributed by atoms with Crippen molar-refractivity contribution in [3.63, 3.8) is 0 Å². The van der Waals surface area contributed by atoms with Crippen LogP contribution in [0.2, 0.25) is 0 Å². The van der Waals surface area contributed by atoms with Gasteiger partial charge in [0.15, 0.2) is 5.69 Å². The summed E-state index contributed by atoms with van der Waals surface area (Å²) in [6.45, 7) is 6.72. The molecule has 1 aromatic carbocycles. The Kier molecular flexibility index (Phi) is 3.61. The third-order valence-corrected chi connectivity index (χ3v) is 3.31. The minimum Gasteiger partial charge on any atom is -0.322 e. The van der Waals surface area contributed by atoms with Crippen LogP contribution in [0.1, 0.15) is 36.2 Å². The summed E-state index contributed by atoms with van der Waals surface area (Å²) in [5, 5.41) is 3.93. The molecular weight excluding hydrogens is 279 g/mol. The van der Waals surface area contributed by atoms with Crippen LogP contribution in [0.25, 0.3) is 5.69 Å². The van der Waals surface area contributed by atoms with E-state index in [0.717, 1.165) is 15.8 Å². The minimum atomic E-state index is -4.53. The Bertz CT molecular complexity index is 664. The van der Waals surface area contributed by atoms with E-state index >= 15 is 0 Å². The summed E-state index contributed by atoms with van der Waals surface area (Å²) >= 11 is 0. The second-order valence-electron chi connectivity index (χ2n) is 5.83. The van der Waals surface area contributed by atoms with Gasteiger partial charge in [-0.25, -0.2) is 4.68 Å². The van der Waals surface area contributed by atoms with Gasteiger partial charge in [-0.1, -0.05) is 17.7 Å². The smallest absolute Gasteiger partial charge is 0.322 e. The molecule has 114 valence electrons. The van der Waals surface area contributed by atoms with Gasteiger partial charge in [-0.05, 0) is 39.3 Å². The normalized spacial score (nSPS) is 12.8. The Balaban J connectivity index is 2.73. The van der Waals surface area contributed by atoms with Gasteiger partial charge in [-0.3, -0.25) is 0 Å². The molecule has 0 amide bonds. The Morgan fingerprint density at radius 2 is 1.76 bits per heavy atom. The lowest BCUT2D eigenvalue weighted by Crippen LogP contribution is -2.31. The number of aryl methyl sites for hydroxylation is 2. The molecule has 1 aromatic heterocycles. The molecule has 0 saturated carbocycles. The molecule has 1 heterocycles. The molecule has 0 aliphatic heterocycles. The number of hydrogen-bond donors (Lipinski definition) is 1. The predicted molar refractivity (Wildman–Crippen MR) is 75.3 cm³/mol. The number of rotatable bonds is 2. The number of benzene rings is 1. The van der Waals surface area contributed by atoms with Crippen molar-refractivity contribution in [1.82, 2.24) is 9.78 Å². The summed E-state index contributed by atoms with van der Waals surface area (Å²) < 4.78 is 41.3. The van der Waals surface area contributed by atoms with Crippen molar-refractivity contribution in [2.45, 2.75) is 39.4 Å². The number of aromatic nitrogens is 2. The first-order chi connectivity index (χ1) is 9.51. The Labute approximate surface area is 121 Å². The zero-order valence-corrected chi connectivity index (χ0v) is 12.4. The third kappa shape index (κ3) is 2.95. The minimum absolute atomic E-state index is 0.0185. The maximum absolute atomic E-state index is 13.5. The van der Waals surface area contributed by atoms with Crippen LogP contribution >= 0.6 is 0 Å². The van der Waals surface area contributed by atoms with Gasteiger partial charge < -0.3 is 5.73 Å². The fourth-order valence-electron chi connectivity index (χ4n) is 2.32. The van der Waals surface area contributed by atoms with E-state index in [1.165, 1.54) is 20.0 Å². The summed E-state index contributed by atoms with van der Waals surface area (Å²) in [4.78, 5) is 0. The second-order valence-corrected chi connectivity index (χ2v) is 5.83. The largest absolute Gasteiger partial charge is 0.433 e. The lowest BCUT2D eigenvalue weighted by molar-refractivity contribution is -0.143. The van der Waals surface area contributed by atoms with Crippen LogP contribution in [0, 0.1) is 13.8 Å². The van der Waals surface area contributed by atoms with Gasteiger partial charge in [0, 0.05) is 11.1 Å². The van der Waals surface area contributed by atoms with Gasteiger partial charge in [-0.2, -0.15) is 18.3 Å². The topological polar surface area (TPSA) is 43.8 Å². The van der Waals surface area contributed by atoms with Crippen molar-refractivity contribution in [2.24, 2.45) is 5.73 Å². The van der Waals surface area contributed by atoms with Crippen LogP contribution in [0.3, 0.4) is 0 Å². The van der Waals surface area contributed by atoms with E-state index in [1.54, 1.807) is 19.1 Å². The summed E-state index contributed by atoms with van der Waals surface area (Å²) in [6, 6.07) is 5.22. The first kappa shape index (κ1) is 15.6. The highest BCUT2D eigenvalue weighted by Gasteiger charge is 2.41. The zero-order valence-electron chi connectivity index (χ0n) is 12.4. The molecule has 21 heavy (non-hydrogen) atoms. The fourth-order valence-corrected chi connectivity index (χ4v) is 2.32. The molecule has 0 fully saturated rings. The zero-order chi connectivity index (χ0) is 16.0. The van der Waals surface area contributed by atoms with E-state index in [9.17, 15) is 13.2 Å². The predicted octanol–water partition coefficient (Wildman–Crippen LogP) is 3.70. The molecular formula is C15H18F3N3. The molecule has 2 N–H and O–H groups in total. The van der Waals surface area contributed by atoms with Crippen LogP contribution in [0.4, 0.5) is 13.2 Å². The van der Waals surface area contributed by atoms with Gasteiger partial charge in [0.2, 0.25) is 0 Å². The molecule has 0 atom stereocenters. The van der Waals surface area contributed by atoms with E-state index in [4.69, 9.17) is 5.73 Å². The van der Waals surface area contributed by atoms with Crippen molar-refractivity contribution >= 4 is 0 Å². The van der Waals surface area contributed by atoms with Crippen molar-refractivity contribution in [2.75, 3.05) is 0 Å². The van der Waals surface area contributed by atoms with E-state index in [2.05, 4.69) is 5.10 Å². The Morgan fingerprint density at radius 1 is 1.14 bits per heavy atom. The number of nitrogens with two attached hydrogens (primary N) is 1. The van der Waals surface area contributed by atoms with Gasteiger partial charge in [0.05, 0.1) is 11.9 Å². The van der Waals surface area contributed by atoms with Crippen LogP contribution in [0.15, 0.2) is 24.4 Å². The molecule has 2 aromatic rings. The molecule has 2 rings (SSSR count). The summed E-state index contributed by atoms with van der Waals surface area (Å²) in [7, 11) is 0. The van der Waals surface area contributed by atoms with Crippen molar-refractivity contribution in [1.29, 1.82) is 0 Å². The third-order valence-electron chi connectivity index (χ3n) is 3.31. The quantitative estimate of drug-likeness (QED) is 0.918. The summed E-state index contributed by atoms with van der Waals surface area (Å²) in [6.07, 6.45) is -3.33. The van der Waals surface area contributed by atoms with Crippen LogP contribution in [-0.2, 0) is 11.7 Å². The maximum atomic E-state index is 13.5. The number of hydrogen-bond acceptors (Lipinski definition) is 2. The van der Waals surface area contributed by atoms with Gasteiger partial charge in [-0.15, -0.1) is 0 Å². The highest BCUT2D eigenvalue weighted by molar-refractivity contribution is 5.45. The molecule has 0 bridgehead atoms. The lowest BCUT2D eigenvalue weighted by atomic mass is 9.96. The summed E-state index contributed by atoms with van der Waals surface area (Å²) in [5.41, 5.74) is 6.01. The van der Waals surface area contributed by atoms with Crippen molar-refractivity contribution < 1.29 is 13.2 Å². The molecule has 0 saturated heterocycles. The first-order valence-electron chi connectivity index (χ1n) is 6.54.